The Hall–Kier alpha value is -1.82. The Morgan fingerprint density at radius 1 is 0.750 bits per heavy atom. The topological polar surface area (TPSA) is 50.1 Å². The van der Waals surface area contributed by atoms with E-state index in [4.69, 9.17) is 10.00 Å². The van der Waals surface area contributed by atoms with Crippen molar-refractivity contribution in [2.75, 3.05) is 6.61 Å². The summed E-state index contributed by atoms with van der Waals surface area (Å²) in [4.78, 5) is 11.9. The van der Waals surface area contributed by atoms with Crippen molar-refractivity contribution in [2.24, 2.45) is 0 Å². The van der Waals surface area contributed by atoms with Crippen molar-refractivity contribution in [3.05, 3.63) is 35.4 Å². The van der Waals surface area contributed by atoms with Crippen molar-refractivity contribution in [3.8, 4) is 6.07 Å². The van der Waals surface area contributed by atoms with Gasteiger partial charge in [-0.2, -0.15) is 5.26 Å². The zero-order valence-electron chi connectivity index (χ0n) is 17.9. The maximum Gasteiger partial charge on any atom is 0.338 e. The molecule has 1 aromatic carbocycles. The molecule has 1 rings (SSSR count). The van der Waals surface area contributed by atoms with Crippen molar-refractivity contribution in [2.45, 2.75) is 103 Å². The van der Waals surface area contributed by atoms with Gasteiger partial charge in [-0.1, -0.05) is 96.8 Å². The molecule has 0 saturated carbocycles. The summed E-state index contributed by atoms with van der Waals surface area (Å²) >= 11 is 0. The van der Waals surface area contributed by atoms with Gasteiger partial charge in [-0.3, -0.25) is 0 Å². The molecule has 156 valence electrons. The molecule has 0 atom stereocenters. The summed E-state index contributed by atoms with van der Waals surface area (Å²) in [6.07, 6.45) is 19.9. The molecule has 0 unspecified atom stereocenters. The van der Waals surface area contributed by atoms with Gasteiger partial charge >= 0.3 is 5.97 Å². The Labute approximate surface area is 172 Å². The van der Waals surface area contributed by atoms with Crippen LogP contribution in [0.15, 0.2) is 24.3 Å². The number of benzene rings is 1. The summed E-state index contributed by atoms with van der Waals surface area (Å²) in [5.41, 5.74) is 1.07. The lowest BCUT2D eigenvalue weighted by Gasteiger charge is -2.05. The van der Waals surface area contributed by atoms with Crippen LogP contribution in [0, 0.1) is 11.3 Å². The van der Waals surface area contributed by atoms with Crippen LogP contribution in [0.25, 0.3) is 0 Å². The fourth-order valence-corrected chi connectivity index (χ4v) is 3.40. The minimum absolute atomic E-state index is 0.296. The van der Waals surface area contributed by atoms with Gasteiger partial charge in [0.15, 0.2) is 0 Å². The van der Waals surface area contributed by atoms with Crippen molar-refractivity contribution >= 4 is 5.97 Å². The third-order valence-electron chi connectivity index (χ3n) is 5.23. The van der Waals surface area contributed by atoms with E-state index in [0.717, 1.165) is 12.8 Å². The molecule has 0 aliphatic heterocycles. The molecular formula is C25H39NO2. The van der Waals surface area contributed by atoms with Crippen molar-refractivity contribution < 1.29 is 9.53 Å². The number of carbonyl (C=O) groups excluding carboxylic acids is 1. The Morgan fingerprint density at radius 2 is 1.18 bits per heavy atom. The van der Waals surface area contributed by atoms with Gasteiger partial charge in [0.25, 0.3) is 0 Å². The van der Waals surface area contributed by atoms with Crippen LogP contribution in [0.4, 0.5) is 0 Å². The highest BCUT2D eigenvalue weighted by Gasteiger charge is 2.06. The van der Waals surface area contributed by atoms with E-state index >= 15 is 0 Å². The monoisotopic (exact) mass is 385 g/mol. The number of ether oxygens (including phenoxy) is 1. The van der Waals surface area contributed by atoms with Gasteiger partial charge in [0.1, 0.15) is 0 Å². The van der Waals surface area contributed by atoms with Gasteiger partial charge in [0, 0.05) is 0 Å². The van der Waals surface area contributed by atoms with Crippen LogP contribution in [0.2, 0.25) is 0 Å². The molecule has 3 nitrogen and oxygen atoms in total. The quantitative estimate of drug-likeness (QED) is 0.205. The first-order chi connectivity index (χ1) is 13.8. The van der Waals surface area contributed by atoms with Crippen LogP contribution in [0.3, 0.4) is 0 Å². The maximum atomic E-state index is 11.9. The predicted molar refractivity (Wildman–Crippen MR) is 116 cm³/mol. The zero-order valence-corrected chi connectivity index (χ0v) is 17.9. The summed E-state index contributed by atoms with van der Waals surface area (Å²) in [6.45, 7) is 2.76. The smallest absolute Gasteiger partial charge is 0.338 e. The summed E-state index contributed by atoms with van der Waals surface area (Å²) in [7, 11) is 0. The van der Waals surface area contributed by atoms with Crippen LogP contribution >= 0.6 is 0 Å². The van der Waals surface area contributed by atoms with Crippen LogP contribution in [-0.4, -0.2) is 12.6 Å². The second kappa shape index (κ2) is 17.3. The van der Waals surface area contributed by atoms with Gasteiger partial charge in [0.05, 0.1) is 23.8 Å². The molecule has 0 N–H and O–H groups in total. The van der Waals surface area contributed by atoms with Gasteiger partial charge in [-0.15, -0.1) is 0 Å². The van der Waals surface area contributed by atoms with Gasteiger partial charge in [-0.05, 0) is 30.7 Å². The largest absolute Gasteiger partial charge is 0.462 e. The number of nitriles is 1. The fourth-order valence-electron chi connectivity index (χ4n) is 3.40. The third-order valence-corrected chi connectivity index (χ3v) is 5.23. The van der Waals surface area contributed by atoms with Crippen molar-refractivity contribution in [1.82, 2.24) is 0 Å². The standard InChI is InChI=1S/C25H39NO2/c1-2-3-4-5-6-7-8-9-10-11-12-13-14-15-16-21-28-25(27)24-19-17-23(22-26)18-20-24/h17-20H,2-16,21H2,1H3. The normalized spacial score (nSPS) is 10.6. The molecule has 0 saturated heterocycles. The second-order valence-corrected chi connectivity index (χ2v) is 7.77. The average Bonchev–Trinajstić information content (AvgIpc) is 2.73. The molecule has 0 heterocycles. The van der Waals surface area contributed by atoms with Crippen LogP contribution in [-0.2, 0) is 4.74 Å². The summed E-state index contributed by atoms with van der Waals surface area (Å²) < 4.78 is 5.29. The van der Waals surface area contributed by atoms with E-state index in [1.807, 2.05) is 6.07 Å². The number of carbonyl (C=O) groups is 1. The van der Waals surface area contributed by atoms with Gasteiger partial charge in [-0.25, -0.2) is 4.79 Å². The Morgan fingerprint density at radius 3 is 1.61 bits per heavy atom. The van der Waals surface area contributed by atoms with E-state index in [0.29, 0.717) is 17.7 Å². The average molecular weight is 386 g/mol. The number of hydrogen-bond donors (Lipinski definition) is 0. The van der Waals surface area contributed by atoms with Gasteiger partial charge < -0.3 is 4.74 Å². The second-order valence-electron chi connectivity index (χ2n) is 7.77. The first-order valence-corrected chi connectivity index (χ1v) is 11.4. The summed E-state index contributed by atoms with van der Waals surface area (Å²) in [6, 6.07) is 8.62. The van der Waals surface area contributed by atoms with Crippen LogP contribution in [0.5, 0.6) is 0 Å². The molecule has 0 aliphatic rings. The number of esters is 1. The van der Waals surface area contributed by atoms with E-state index in [-0.39, 0.29) is 5.97 Å². The Kier molecular flexibility index (Phi) is 15.0. The number of rotatable bonds is 17. The first kappa shape index (κ1) is 24.2. The van der Waals surface area contributed by atoms with E-state index < -0.39 is 0 Å². The summed E-state index contributed by atoms with van der Waals surface area (Å²) in [5, 5.41) is 8.76. The predicted octanol–water partition coefficient (Wildman–Crippen LogP) is 7.59. The van der Waals surface area contributed by atoms with Crippen molar-refractivity contribution in [1.29, 1.82) is 5.26 Å². The fraction of sp³-hybridized carbons (Fsp3) is 0.680. The Balaban J connectivity index is 1.84. The van der Waals surface area contributed by atoms with Crippen LogP contribution < -0.4 is 0 Å². The minimum Gasteiger partial charge on any atom is -0.462 e. The Bertz CT molecular complexity index is 545. The molecule has 3 heteroatoms. The zero-order chi connectivity index (χ0) is 20.3. The number of unbranched alkanes of at least 4 members (excludes halogenated alkanes) is 14. The molecule has 0 aliphatic carbocycles. The summed E-state index contributed by atoms with van der Waals surface area (Å²) in [5.74, 6) is -0.296. The SMILES string of the molecule is CCCCCCCCCCCCCCCCCOC(=O)c1ccc(C#N)cc1. The molecule has 1 aromatic rings. The lowest BCUT2D eigenvalue weighted by atomic mass is 10.0. The van der Waals surface area contributed by atoms with Crippen LogP contribution in [0.1, 0.15) is 119 Å². The maximum absolute atomic E-state index is 11.9. The molecule has 0 bridgehead atoms. The van der Waals surface area contributed by atoms with E-state index in [9.17, 15) is 4.79 Å². The number of hydrogen-bond acceptors (Lipinski definition) is 3. The number of nitrogens with zero attached hydrogens (tertiary/aromatic N) is 1. The molecule has 0 amide bonds. The van der Waals surface area contributed by atoms with Crippen molar-refractivity contribution in [3.63, 3.8) is 0 Å². The first-order valence-electron chi connectivity index (χ1n) is 11.4. The van der Waals surface area contributed by atoms with E-state index in [1.165, 1.54) is 83.5 Å². The molecule has 0 aromatic heterocycles. The molecule has 0 spiro atoms. The minimum atomic E-state index is -0.296. The van der Waals surface area contributed by atoms with E-state index in [1.54, 1.807) is 24.3 Å². The van der Waals surface area contributed by atoms with E-state index in [2.05, 4.69) is 6.92 Å². The highest BCUT2D eigenvalue weighted by atomic mass is 16.5. The lowest BCUT2D eigenvalue weighted by molar-refractivity contribution is 0.0497. The third kappa shape index (κ3) is 12.5. The molecular weight excluding hydrogens is 346 g/mol. The molecule has 0 fully saturated rings. The highest BCUT2D eigenvalue weighted by molar-refractivity contribution is 5.89. The van der Waals surface area contributed by atoms with Gasteiger partial charge in [0.2, 0.25) is 0 Å². The highest BCUT2D eigenvalue weighted by Crippen LogP contribution is 2.13. The molecule has 0 radical (unpaired) electrons. The molecule has 28 heavy (non-hydrogen) atoms. The lowest BCUT2D eigenvalue weighted by Crippen LogP contribution is -2.06.